The Bertz CT molecular complexity index is 261. The van der Waals surface area contributed by atoms with Gasteiger partial charge in [-0.05, 0) is 18.9 Å². The van der Waals surface area contributed by atoms with Crippen molar-refractivity contribution in [1.29, 1.82) is 0 Å². The van der Waals surface area contributed by atoms with Gasteiger partial charge < -0.3 is 10.4 Å². The maximum Gasteiger partial charge on any atom is 0.140 e. The number of nitrogens with one attached hydrogen (secondary N) is 1. The highest BCUT2D eigenvalue weighted by molar-refractivity contribution is 4.82. The summed E-state index contributed by atoms with van der Waals surface area (Å²) >= 11 is 0. The van der Waals surface area contributed by atoms with Gasteiger partial charge in [-0.3, -0.25) is 4.68 Å². The minimum Gasteiger partial charge on any atom is -0.396 e. The molecule has 0 fully saturated rings. The van der Waals surface area contributed by atoms with Crippen molar-refractivity contribution in [1.82, 2.24) is 20.1 Å². The Labute approximate surface area is 84.2 Å². The predicted molar refractivity (Wildman–Crippen MR) is 53.6 cm³/mol. The van der Waals surface area contributed by atoms with Crippen LogP contribution < -0.4 is 5.32 Å². The fourth-order valence-electron chi connectivity index (χ4n) is 1.23. The normalized spacial score (nSPS) is 13.1. The third-order valence-electron chi connectivity index (χ3n) is 2.20. The molecule has 0 aromatic carbocycles. The monoisotopic (exact) mass is 198 g/mol. The molecule has 0 spiro atoms. The third-order valence-corrected chi connectivity index (χ3v) is 2.20. The van der Waals surface area contributed by atoms with Crippen LogP contribution >= 0.6 is 0 Å². The highest BCUT2D eigenvalue weighted by Gasteiger charge is 2.02. The Morgan fingerprint density at radius 1 is 1.64 bits per heavy atom. The van der Waals surface area contributed by atoms with E-state index in [1.165, 1.54) is 0 Å². The van der Waals surface area contributed by atoms with E-state index in [-0.39, 0.29) is 6.61 Å². The van der Waals surface area contributed by atoms with E-state index in [0.29, 0.717) is 5.92 Å². The van der Waals surface area contributed by atoms with Gasteiger partial charge in [-0.1, -0.05) is 6.92 Å². The third kappa shape index (κ3) is 3.43. The average molecular weight is 198 g/mol. The number of aryl methyl sites for hydroxylation is 1. The van der Waals surface area contributed by atoms with Crippen molar-refractivity contribution in [2.75, 3.05) is 13.2 Å². The number of nitrogens with zero attached hydrogens (tertiary/aromatic N) is 3. The van der Waals surface area contributed by atoms with Gasteiger partial charge in [0.25, 0.3) is 0 Å². The number of aliphatic hydroxyl groups excluding tert-OH is 1. The standard InChI is InChI=1S/C9H18N4O/c1-8(3-4-14)5-10-6-9-11-7-12-13(9)2/h7-8,10,14H,3-6H2,1-2H3. The van der Waals surface area contributed by atoms with Crippen molar-refractivity contribution in [3.63, 3.8) is 0 Å². The molecule has 1 aromatic heterocycles. The fourth-order valence-corrected chi connectivity index (χ4v) is 1.23. The zero-order chi connectivity index (χ0) is 10.4. The number of aliphatic hydroxyl groups is 1. The molecule has 0 saturated carbocycles. The van der Waals surface area contributed by atoms with Gasteiger partial charge in [-0.15, -0.1) is 0 Å². The maximum absolute atomic E-state index is 8.71. The summed E-state index contributed by atoms with van der Waals surface area (Å²) in [6.45, 7) is 3.99. The van der Waals surface area contributed by atoms with Crippen molar-refractivity contribution in [2.24, 2.45) is 13.0 Å². The summed E-state index contributed by atoms with van der Waals surface area (Å²) < 4.78 is 1.75. The summed E-state index contributed by atoms with van der Waals surface area (Å²) in [6.07, 6.45) is 2.39. The van der Waals surface area contributed by atoms with Gasteiger partial charge in [0.15, 0.2) is 0 Å². The van der Waals surface area contributed by atoms with Crippen LogP contribution in [-0.2, 0) is 13.6 Å². The van der Waals surface area contributed by atoms with Gasteiger partial charge >= 0.3 is 0 Å². The Balaban J connectivity index is 2.19. The highest BCUT2D eigenvalue weighted by Crippen LogP contribution is 1.98. The van der Waals surface area contributed by atoms with E-state index in [2.05, 4.69) is 22.3 Å². The second-order valence-electron chi connectivity index (χ2n) is 3.55. The first-order valence-corrected chi connectivity index (χ1v) is 4.88. The Hall–Kier alpha value is -0.940. The van der Waals surface area contributed by atoms with Crippen molar-refractivity contribution in [2.45, 2.75) is 19.9 Å². The van der Waals surface area contributed by atoms with Crippen LogP contribution in [0.3, 0.4) is 0 Å². The van der Waals surface area contributed by atoms with Gasteiger partial charge in [-0.2, -0.15) is 5.10 Å². The van der Waals surface area contributed by atoms with Crippen molar-refractivity contribution in [3.05, 3.63) is 12.2 Å². The van der Waals surface area contributed by atoms with E-state index in [4.69, 9.17) is 5.11 Å². The molecule has 14 heavy (non-hydrogen) atoms. The molecule has 0 aliphatic rings. The van der Waals surface area contributed by atoms with Crippen LogP contribution in [-0.4, -0.2) is 33.0 Å². The van der Waals surface area contributed by atoms with Crippen LogP contribution in [0.15, 0.2) is 6.33 Å². The molecule has 0 aliphatic heterocycles. The first-order chi connectivity index (χ1) is 6.74. The van der Waals surface area contributed by atoms with E-state index in [1.807, 2.05) is 7.05 Å². The molecular formula is C9H18N4O. The molecule has 1 atom stereocenters. The number of hydrogen-bond acceptors (Lipinski definition) is 4. The quantitative estimate of drug-likeness (QED) is 0.671. The summed E-state index contributed by atoms with van der Waals surface area (Å²) in [5.74, 6) is 1.43. The molecule has 1 heterocycles. The van der Waals surface area contributed by atoms with Gasteiger partial charge in [0.1, 0.15) is 12.2 Å². The molecule has 1 aromatic rings. The molecule has 80 valence electrons. The summed E-state index contributed by atoms with van der Waals surface area (Å²) in [4.78, 5) is 4.10. The van der Waals surface area contributed by atoms with E-state index < -0.39 is 0 Å². The van der Waals surface area contributed by atoms with Gasteiger partial charge in [0.05, 0.1) is 6.54 Å². The van der Waals surface area contributed by atoms with Gasteiger partial charge in [0.2, 0.25) is 0 Å². The summed E-state index contributed by atoms with van der Waals surface area (Å²) in [7, 11) is 1.88. The lowest BCUT2D eigenvalue weighted by Crippen LogP contribution is -2.23. The Kier molecular flexibility index (Phi) is 4.55. The minimum absolute atomic E-state index is 0.257. The fraction of sp³-hybridized carbons (Fsp3) is 0.778. The van der Waals surface area contributed by atoms with Crippen LogP contribution in [0.2, 0.25) is 0 Å². The van der Waals surface area contributed by atoms with E-state index in [1.54, 1.807) is 11.0 Å². The summed E-state index contributed by atoms with van der Waals surface area (Å²) in [6, 6.07) is 0. The molecule has 1 rings (SSSR count). The number of hydrogen-bond donors (Lipinski definition) is 2. The highest BCUT2D eigenvalue weighted by atomic mass is 16.3. The Morgan fingerprint density at radius 2 is 2.43 bits per heavy atom. The molecule has 2 N–H and O–H groups in total. The van der Waals surface area contributed by atoms with Crippen LogP contribution in [0, 0.1) is 5.92 Å². The zero-order valence-corrected chi connectivity index (χ0v) is 8.77. The molecular weight excluding hydrogens is 180 g/mol. The van der Waals surface area contributed by atoms with Crippen molar-refractivity contribution < 1.29 is 5.11 Å². The molecule has 1 unspecified atom stereocenters. The molecule has 0 amide bonds. The molecule has 5 nitrogen and oxygen atoms in total. The second-order valence-corrected chi connectivity index (χ2v) is 3.55. The lowest BCUT2D eigenvalue weighted by atomic mass is 10.1. The molecule has 0 saturated heterocycles. The smallest absolute Gasteiger partial charge is 0.140 e. The Morgan fingerprint density at radius 3 is 3.00 bits per heavy atom. The van der Waals surface area contributed by atoms with Crippen molar-refractivity contribution in [3.8, 4) is 0 Å². The SMILES string of the molecule is CC(CCO)CNCc1ncnn1C. The predicted octanol–water partition coefficient (Wildman–Crippen LogP) is -0.0768. The molecule has 0 bridgehead atoms. The first-order valence-electron chi connectivity index (χ1n) is 4.88. The number of rotatable bonds is 6. The summed E-state index contributed by atoms with van der Waals surface area (Å²) in [5.41, 5.74) is 0. The zero-order valence-electron chi connectivity index (χ0n) is 8.77. The van der Waals surface area contributed by atoms with E-state index in [0.717, 1.165) is 25.3 Å². The van der Waals surface area contributed by atoms with Crippen LogP contribution in [0.25, 0.3) is 0 Å². The lowest BCUT2D eigenvalue weighted by Gasteiger charge is -2.10. The molecule has 0 radical (unpaired) electrons. The van der Waals surface area contributed by atoms with E-state index in [9.17, 15) is 0 Å². The van der Waals surface area contributed by atoms with Crippen molar-refractivity contribution >= 4 is 0 Å². The van der Waals surface area contributed by atoms with E-state index >= 15 is 0 Å². The minimum atomic E-state index is 0.257. The lowest BCUT2D eigenvalue weighted by molar-refractivity contribution is 0.260. The topological polar surface area (TPSA) is 63.0 Å². The van der Waals surface area contributed by atoms with Crippen LogP contribution in [0.1, 0.15) is 19.2 Å². The molecule has 5 heteroatoms. The largest absolute Gasteiger partial charge is 0.396 e. The average Bonchev–Trinajstić information content (AvgIpc) is 2.52. The number of aromatic nitrogens is 3. The first kappa shape index (κ1) is 11.1. The van der Waals surface area contributed by atoms with Gasteiger partial charge in [-0.25, -0.2) is 4.98 Å². The van der Waals surface area contributed by atoms with Gasteiger partial charge in [0, 0.05) is 13.7 Å². The van der Waals surface area contributed by atoms with Crippen LogP contribution in [0.4, 0.5) is 0 Å². The second kappa shape index (κ2) is 5.72. The van der Waals surface area contributed by atoms with Crippen LogP contribution in [0.5, 0.6) is 0 Å². The molecule has 0 aliphatic carbocycles. The maximum atomic E-state index is 8.71. The summed E-state index contributed by atoms with van der Waals surface area (Å²) in [5, 5.41) is 16.0.